The van der Waals surface area contributed by atoms with Gasteiger partial charge in [0.2, 0.25) is 11.8 Å². The first-order chi connectivity index (χ1) is 19.6. The van der Waals surface area contributed by atoms with Crippen LogP contribution in [0.1, 0.15) is 49.7 Å². The van der Waals surface area contributed by atoms with E-state index in [1.807, 2.05) is 6.07 Å². The molecule has 3 aliphatic heterocycles. The van der Waals surface area contributed by atoms with Gasteiger partial charge in [-0.3, -0.25) is 14.4 Å². The van der Waals surface area contributed by atoms with Gasteiger partial charge >= 0.3 is 0 Å². The summed E-state index contributed by atoms with van der Waals surface area (Å²) in [5, 5.41) is 27.6. The minimum Gasteiger partial charge on any atom is -0.372 e. The largest absolute Gasteiger partial charge is 0.372 e. The molecule has 214 valence electrons. The van der Waals surface area contributed by atoms with Crippen LogP contribution in [0.5, 0.6) is 0 Å². The lowest BCUT2D eigenvalue weighted by molar-refractivity contribution is -0.201. The zero-order valence-electron chi connectivity index (χ0n) is 22.1. The molecular weight excluding hydrogens is 554 g/mol. The molecule has 6 atom stereocenters. The second-order valence-corrected chi connectivity index (χ2v) is 11.9. The Morgan fingerprint density at radius 1 is 1.17 bits per heavy atom. The highest BCUT2D eigenvalue weighted by Crippen LogP contribution is 2.54. The molecule has 3 N–H and O–H groups in total. The van der Waals surface area contributed by atoms with Crippen molar-refractivity contribution >= 4 is 29.3 Å². The van der Waals surface area contributed by atoms with Gasteiger partial charge in [-0.1, -0.05) is 41.9 Å². The molecule has 0 spiro atoms. The molecule has 11 heteroatoms. The van der Waals surface area contributed by atoms with E-state index < -0.39 is 59.7 Å². The number of nitriles is 1. The Hall–Kier alpha value is -3.55. The molecule has 1 saturated carbocycles. The van der Waals surface area contributed by atoms with E-state index in [2.05, 4.69) is 10.6 Å². The number of halogens is 3. The second-order valence-electron chi connectivity index (χ2n) is 11.5. The van der Waals surface area contributed by atoms with Gasteiger partial charge in [0, 0.05) is 41.1 Å². The van der Waals surface area contributed by atoms with E-state index in [-0.39, 0.29) is 41.3 Å². The molecule has 5 aliphatic rings. The number of benzene rings is 2. The van der Waals surface area contributed by atoms with Gasteiger partial charge in [-0.05, 0) is 55.4 Å². The van der Waals surface area contributed by atoms with Crippen molar-refractivity contribution in [3.05, 3.63) is 58.6 Å². The molecular formula is C30H29ClF2N4O4. The summed E-state index contributed by atoms with van der Waals surface area (Å²) < 4.78 is 30.6. The van der Waals surface area contributed by atoms with Crippen LogP contribution in [0.2, 0.25) is 5.02 Å². The predicted molar refractivity (Wildman–Crippen MR) is 144 cm³/mol. The van der Waals surface area contributed by atoms with Gasteiger partial charge in [0.1, 0.15) is 12.1 Å². The van der Waals surface area contributed by atoms with Crippen LogP contribution in [-0.4, -0.2) is 58.3 Å². The summed E-state index contributed by atoms with van der Waals surface area (Å²) in [6.45, 7) is 0.538. The van der Waals surface area contributed by atoms with Crippen LogP contribution in [-0.2, 0) is 20.0 Å². The minimum atomic E-state index is -3.22. The van der Waals surface area contributed by atoms with Crippen molar-refractivity contribution in [3.8, 4) is 17.2 Å². The van der Waals surface area contributed by atoms with Crippen LogP contribution < -0.4 is 10.6 Å². The number of piperidine rings is 3. The van der Waals surface area contributed by atoms with Gasteiger partial charge in [0.05, 0.1) is 12.0 Å². The zero-order chi connectivity index (χ0) is 29.1. The lowest BCUT2D eigenvalue weighted by atomic mass is 9.70. The smallest absolute Gasteiger partial charge is 0.264 e. The number of carbonyl (C=O) groups excluding carboxylic acids is 3. The van der Waals surface area contributed by atoms with Gasteiger partial charge < -0.3 is 20.6 Å². The van der Waals surface area contributed by atoms with E-state index in [0.717, 1.165) is 11.3 Å². The number of nitrogens with one attached hydrogen (secondary N) is 2. The summed E-state index contributed by atoms with van der Waals surface area (Å²) in [7, 11) is 0. The fraction of sp³-hybridized carbons (Fsp3) is 0.467. The summed E-state index contributed by atoms with van der Waals surface area (Å²) >= 11 is 6.27. The number of amides is 3. The number of fused-ring (bicyclic) bond motifs is 6. The number of nitrogens with zero attached hydrogens (tertiary/aromatic N) is 2. The van der Waals surface area contributed by atoms with Crippen molar-refractivity contribution in [1.29, 1.82) is 5.26 Å². The Morgan fingerprint density at radius 2 is 1.93 bits per heavy atom. The van der Waals surface area contributed by atoms with Crippen LogP contribution in [0.25, 0.3) is 11.1 Å². The summed E-state index contributed by atoms with van der Waals surface area (Å²) in [6.07, 6.45) is 0.943. The summed E-state index contributed by atoms with van der Waals surface area (Å²) in [6, 6.07) is 9.88. The van der Waals surface area contributed by atoms with E-state index in [9.17, 15) is 24.8 Å². The molecule has 2 aliphatic carbocycles. The van der Waals surface area contributed by atoms with Gasteiger partial charge in [-0.25, -0.2) is 8.78 Å². The van der Waals surface area contributed by atoms with E-state index >= 15 is 8.78 Å². The molecule has 41 heavy (non-hydrogen) atoms. The normalized spacial score (nSPS) is 30.0. The number of rotatable bonds is 5. The molecule has 7 rings (SSSR count). The third-order valence-electron chi connectivity index (χ3n) is 9.12. The van der Waals surface area contributed by atoms with Gasteiger partial charge in [0.25, 0.3) is 11.8 Å². The zero-order valence-corrected chi connectivity index (χ0v) is 22.8. The summed E-state index contributed by atoms with van der Waals surface area (Å²) in [4.78, 5) is 41.6. The summed E-state index contributed by atoms with van der Waals surface area (Å²) in [5.74, 6) is -7.19. The standard InChI is InChI=1S/C30H29ClF2N4O4/c31-17-7-9-21-20-5-1-2-6-22(20)30(41,24(21)13-17)28(40)37-19-8-10-23(29(32,33)14-19)25(37)27(39)36-18(15-34)12-16-4-3-11-35-26(16)38/h1-2,5-7,9,13,16,18-19,23,25,41H,3-4,8,10-12,14H2,(H,35,38)(H,36,39)/t16-,18+,19+,23+,25+,30?/m1/s1. The molecule has 0 aromatic heterocycles. The number of aliphatic hydroxyl groups is 1. The number of hydrogen-bond acceptors (Lipinski definition) is 5. The number of alkyl halides is 2. The maximum absolute atomic E-state index is 15.3. The quantitative estimate of drug-likeness (QED) is 0.498. The van der Waals surface area contributed by atoms with Crippen LogP contribution in [0, 0.1) is 23.2 Å². The van der Waals surface area contributed by atoms with Crippen molar-refractivity contribution in [2.24, 2.45) is 11.8 Å². The SMILES string of the molecule is N#C[C@H](C[C@H]1CCCNC1=O)NC(=O)[C@@H]1[C@@H]2CC[C@@H](CC2(F)F)N1C(=O)C1(O)c2ccccc2-c2ccc(Cl)cc21. The van der Waals surface area contributed by atoms with Crippen LogP contribution in [0.4, 0.5) is 8.78 Å². The fourth-order valence-corrected chi connectivity index (χ4v) is 7.36. The molecule has 3 heterocycles. The fourth-order valence-electron chi connectivity index (χ4n) is 7.19. The van der Waals surface area contributed by atoms with Gasteiger partial charge in [0.15, 0.2) is 5.60 Å². The first kappa shape index (κ1) is 27.6. The van der Waals surface area contributed by atoms with E-state index in [4.69, 9.17) is 11.6 Å². The Labute approximate surface area is 240 Å². The molecule has 2 aromatic rings. The highest BCUT2D eigenvalue weighted by atomic mass is 35.5. The van der Waals surface area contributed by atoms with Crippen molar-refractivity contribution in [1.82, 2.24) is 15.5 Å². The molecule has 3 amide bonds. The van der Waals surface area contributed by atoms with Crippen LogP contribution in [0.3, 0.4) is 0 Å². The molecule has 4 fully saturated rings. The molecule has 1 unspecified atom stereocenters. The van der Waals surface area contributed by atoms with Gasteiger partial charge in [-0.2, -0.15) is 5.26 Å². The van der Waals surface area contributed by atoms with Gasteiger partial charge in [-0.15, -0.1) is 0 Å². The van der Waals surface area contributed by atoms with Crippen molar-refractivity contribution in [3.63, 3.8) is 0 Å². The lowest BCUT2D eigenvalue weighted by Gasteiger charge is -2.54. The Morgan fingerprint density at radius 3 is 2.66 bits per heavy atom. The Balaban J connectivity index is 1.36. The van der Waals surface area contributed by atoms with E-state index in [1.54, 1.807) is 36.4 Å². The van der Waals surface area contributed by atoms with Crippen molar-refractivity contribution in [2.45, 2.75) is 68.2 Å². The number of carbonyl (C=O) groups is 3. The topological polar surface area (TPSA) is 123 Å². The average molecular weight is 583 g/mol. The number of hydrogen-bond donors (Lipinski definition) is 3. The highest BCUT2D eigenvalue weighted by molar-refractivity contribution is 6.31. The molecule has 3 saturated heterocycles. The molecule has 8 nitrogen and oxygen atoms in total. The molecule has 2 bridgehead atoms. The van der Waals surface area contributed by atoms with E-state index in [1.165, 1.54) is 6.07 Å². The highest BCUT2D eigenvalue weighted by Gasteiger charge is 2.63. The van der Waals surface area contributed by atoms with Crippen LogP contribution >= 0.6 is 11.6 Å². The Kier molecular flexibility index (Phi) is 6.78. The first-order valence-electron chi connectivity index (χ1n) is 13.9. The third kappa shape index (κ3) is 4.37. The monoisotopic (exact) mass is 582 g/mol. The predicted octanol–water partition coefficient (Wildman–Crippen LogP) is 3.50. The van der Waals surface area contributed by atoms with E-state index in [0.29, 0.717) is 24.1 Å². The maximum atomic E-state index is 15.3. The lowest BCUT2D eigenvalue weighted by Crippen LogP contribution is -2.70. The van der Waals surface area contributed by atoms with Crippen molar-refractivity contribution in [2.75, 3.05) is 6.54 Å². The second kappa shape index (κ2) is 10.1. The first-order valence-corrected chi connectivity index (χ1v) is 14.2. The molecule has 0 radical (unpaired) electrons. The Bertz CT molecular complexity index is 1480. The van der Waals surface area contributed by atoms with Crippen molar-refractivity contribution < 1.29 is 28.3 Å². The summed E-state index contributed by atoms with van der Waals surface area (Å²) in [5.41, 5.74) is -0.546. The maximum Gasteiger partial charge on any atom is 0.264 e. The minimum absolute atomic E-state index is 0.0131. The molecule has 2 aromatic carbocycles. The third-order valence-corrected chi connectivity index (χ3v) is 9.35. The average Bonchev–Trinajstić information content (AvgIpc) is 3.21. The van der Waals surface area contributed by atoms with Crippen LogP contribution in [0.15, 0.2) is 42.5 Å².